The maximum absolute atomic E-state index is 4.64. The van der Waals surface area contributed by atoms with Gasteiger partial charge < -0.3 is 10.2 Å². The van der Waals surface area contributed by atoms with Crippen molar-refractivity contribution >= 4 is 0 Å². The third kappa shape index (κ3) is 2.76. The van der Waals surface area contributed by atoms with Crippen molar-refractivity contribution in [1.29, 1.82) is 0 Å². The average Bonchev–Trinajstić information content (AvgIpc) is 2.77. The molecule has 5 heteroatoms. The Hall–Kier alpha value is -0.940. The number of hydrogen-bond acceptors (Lipinski definition) is 5. The molecule has 1 aromatic rings. The molecule has 15 heavy (non-hydrogen) atoms. The summed E-state index contributed by atoms with van der Waals surface area (Å²) in [6.07, 6.45) is 1.29. The smallest absolute Gasteiger partial charge is 0.121 e. The Kier molecular flexibility index (Phi) is 3.33. The zero-order valence-electron chi connectivity index (χ0n) is 9.36. The first-order chi connectivity index (χ1) is 7.25. The van der Waals surface area contributed by atoms with E-state index in [1.54, 1.807) is 0 Å². The summed E-state index contributed by atoms with van der Waals surface area (Å²) >= 11 is 0. The number of aromatic nitrogens is 2. The molecule has 0 aliphatic carbocycles. The highest BCUT2D eigenvalue weighted by molar-refractivity contribution is 5.03. The van der Waals surface area contributed by atoms with Crippen molar-refractivity contribution in [1.82, 2.24) is 20.5 Å². The predicted octanol–water partition coefficient (Wildman–Crippen LogP) is 0.419. The summed E-state index contributed by atoms with van der Waals surface area (Å²) in [4.78, 5) is 2.37. The molecular formula is C10H18N4O. The van der Waals surface area contributed by atoms with Gasteiger partial charge in [0, 0.05) is 13.1 Å². The van der Waals surface area contributed by atoms with Gasteiger partial charge >= 0.3 is 0 Å². The van der Waals surface area contributed by atoms with Crippen LogP contribution >= 0.6 is 0 Å². The highest BCUT2D eigenvalue weighted by atomic mass is 16.6. The Morgan fingerprint density at radius 3 is 3.00 bits per heavy atom. The molecule has 0 bridgehead atoms. The van der Waals surface area contributed by atoms with Crippen LogP contribution in [0.3, 0.4) is 0 Å². The van der Waals surface area contributed by atoms with Gasteiger partial charge in [0.25, 0.3) is 0 Å². The van der Waals surface area contributed by atoms with Crippen molar-refractivity contribution in [3.05, 3.63) is 11.4 Å². The molecule has 0 aromatic carbocycles. The van der Waals surface area contributed by atoms with Gasteiger partial charge in [-0.25, -0.2) is 4.63 Å². The number of rotatable bonds is 4. The molecule has 1 N–H and O–H groups in total. The van der Waals surface area contributed by atoms with Crippen molar-refractivity contribution in [3.63, 3.8) is 0 Å². The lowest BCUT2D eigenvalue weighted by molar-refractivity contribution is 0.300. The van der Waals surface area contributed by atoms with Crippen LogP contribution in [0.5, 0.6) is 0 Å². The topological polar surface area (TPSA) is 54.2 Å². The van der Waals surface area contributed by atoms with Crippen LogP contribution in [0, 0.1) is 12.8 Å². The Morgan fingerprint density at radius 2 is 2.40 bits per heavy atom. The fourth-order valence-electron chi connectivity index (χ4n) is 2.00. The van der Waals surface area contributed by atoms with Gasteiger partial charge in [-0.15, -0.1) is 0 Å². The minimum absolute atomic E-state index is 0.759. The van der Waals surface area contributed by atoms with Crippen LogP contribution < -0.4 is 5.32 Å². The van der Waals surface area contributed by atoms with Gasteiger partial charge in [-0.3, -0.25) is 0 Å². The van der Waals surface area contributed by atoms with Gasteiger partial charge in [0.05, 0.1) is 0 Å². The van der Waals surface area contributed by atoms with E-state index in [4.69, 9.17) is 0 Å². The predicted molar refractivity (Wildman–Crippen MR) is 56.3 cm³/mol. The monoisotopic (exact) mass is 210 g/mol. The van der Waals surface area contributed by atoms with Crippen LogP contribution in [0.1, 0.15) is 17.8 Å². The lowest BCUT2D eigenvalue weighted by Gasteiger charge is -2.10. The van der Waals surface area contributed by atoms with E-state index in [1.165, 1.54) is 19.5 Å². The first kappa shape index (κ1) is 10.6. The van der Waals surface area contributed by atoms with Crippen LogP contribution in [0.25, 0.3) is 0 Å². The lowest BCUT2D eigenvalue weighted by Crippen LogP contribution is -2.25. The maximum Gasteiger partial charge on any atom is 0.121 e. The first-order valence-corrected chi connectivity index (χ1v) is 5.43. The highest BCUT2D eigenvalue weighted by Crippen LogP contribution is 2.13. The lowest BCUT2D eigenvalue weighted by atomic mass is 10.1. The zero-order chi connectivity index (χ0) is 10.7. The summed E-state index contributed by atoms with van der Waals surface area (Å²) in [6.45, 7) is 6.14. The van der Waals surface area contributed by atoms with Crippen LogP contribution in [0.4, 0.5) is 0 Å². The second kappa shape index (κ2) is 4.72. The molecule has 2 rings (SSSR count). The van der Waals surface area contributed by atoms with Crippen molar-refractivity contribution in [2.45, 2.75) is 19.9 Å². The average molecular weight is 210 g/mol. The van der Waals surface area contributed by atoms with Gasteiger partial charge in [-0.05, 0) is 39.4 Å². The van der Waals surface area contributed by atoms with Gasteiger partial charge in [-0.2, -0.15) is 0 Å². The number of likely N-dealkylation sites (tertiary alicyclic amines) is 1. The summed E-state index contributed by atoms with van der Waals surface area (Å²) in [5, 5.41) is 11.0. The molecule has 2 heterocycles. The molecule has 5 nitrogen and oxygen atoms in total. The largest absolute Gasteiger partial charge is 0.311 e. The van der Waals surface area contributed by atoms with Gasteiger partial charge in [0.2, 0.25) is 0 Å². The van der Waals surface area contributed by atoms with E-state index in [1.807, 2.05) is 6.92 Å². The van der Waals surface area contributed by atoms with Crippen molar-refractivity contribution in [2.75, 3.05) is 26.7 Å². The fourth-order valence-corrected chi connectivity index (χ4v) is 2.00. The van der Waals surface area contributed by atoms with E-state index < -0.39 is 0 Å². The van der Waals surface area contributed by atoms with E-state index in [9.17, 15) is 0 Å². The molecule has 1 saturated heterocycles. The molecule has 1 aromatic heterocycles. The molecule has 1 aliphatic rings. The minimum Gasteiger partial charge on any atom is -0.311 e. The standard InChI is InChI=1S/C10H18N4O/c1-8-10(13-15-12-8)6-11-5-9-3-4-14(2)7-9/h9,11H,3-7H2,1-2H3. The normalized spacial score (nSPS) is 22.4. The molecule has 0 spiro atoms. The molecule has 0 saturated carbocycles. The fraction of sp³-hybridized carbons (Fsp3) is 0.800. The van der Waals surface area contributed by atoms with Crippen LogP contribution in [0.2, 0.25) is 0 Å². The summed E-state index contributed by atoms with van der Waals surface area (Å²) in [5.74, 6) is 0.773. The third-order valence-electron chi connectivity index (χ3n) is 2.96. The van der Waals surface area contributed by atoms with E-state index in [0.717, 1.165) is 30.4 Å². The molecule has 1 aliphatic heterocycles. The zero-order valence-corrected chi connectivity index (χ0v) is 9.36. The van der Waals surface area contributed by atoms with Crippen molar-refractivity contribution in [2.24, 2.45) is 5.92 Å². The van der Waals surface area contributed by atoms with Gasteiger partial charge in [0.15, 0.2) is 0 Å². The molecule has 84 valence electrons. The summed E-state index contributed by atoms with van der Waals surface area (Å²) in [6, 6.07) is 0. The van der Waals surface area contributed by atoms with Gasteiger partial charge in [-0.1, -0.05) is 10.3 Å². The maximum atomic E-state index is 4.64. The third-order valence-corrected chi connectivity index (χ3v) is 2.96. The summed E-state index contributed by atoms with van der Waals surface area (Å²) < 4.78 is 4.64. The number of nitrogens with one attached hydrogen (secondary N) is 1. The van der Waals surface area contributed by atoms with Crippen molar-refractivity contribution < 1.29 is 4.63 Å². The van der Waals surface area contributed by atoms with E-state index >= 15 is 0 Å². The Balaban J connectivity index is 1.69. The minimum atomic E-state index is 0.759. The van der Waals surface area contributed by atoms with Crippen LogP contribution in [-0.2, 0) is 6.54 Å². The second-order valence-corrected chi connectivity index (χ2v) is 4.34. The van der Waals surface area contributed by atoms with Crippen molar-refractivity contribution in [3.8, 4) is 0 Å². The molecule has 1 fully saturated rings. The Morgan fingerprint density at radius 1 is 1.53 bits per heavy atom. The quantitative estimate of drug-likeness (QED) is 0.780. The number of nitrogens with zero attached hydrogens (tertiary/aromatic N) is 3. The van der Waals surface area contributed by atoms with E-state index in [-0.39, 0.29) is 0 Å². The Bertz CT molecular complexity index is 312. The van der Waals surface area contributed by atoms with Gasteiger partial charge in [0.1, 0.15) is 11.4 Å². The molecule has 0 amide bonds. The van der Waals surface area contributed by atoms with E-state index in [0.29, 0.717) is 0 Å². The summed E-state index contributed by atoms with van der Waals surface area (Å²) in [5.41, 5.74) is 1.80. The Labute approximate surface area is 89.8 Å². The van der Waals surface area contributed by atoms with E-state index in [2.05, 4.69) is 32.2 Å². The van der Waals surface area contributed by atoms with Crippen LogP contribution in [-0.4, -0.2) is 41.9 Å². The summed E-state index contributed by atoms with van der Waals surface area (Å²) in [7, 11) is 2.17. The molecular weight excluding hydrogens is 192 g/mol. The first-order valence-electron chi connectivity index (χ1n) is 5.43. The highest BCUT2D eigenvalue weighted by Gasteiger charge is 2.18. The SMILES string of the molecule is Cc1nonc1CNCC1CCN(C)C1. The molecule has 1 unspecified atom stereocenters. The second-order valence-electron chi connectivity index (χ2n) is 4.34. The van der Waals surface area contributed by atoms with Crippen LogP contribution in [0.15, 0.2) is 4.63 Å². The number of aryl methyl sites for hydroxylation is 1. The number of hydrogen-bond donors (Lipinski definition) is 1. The molecule has 1 atom stereocenters. The molecule has 0 radical (unpaired) electrons.